The van der Waals surface area contributed by atoms with Gasteiger partial charge in [0.1, 0.15) is 23.9 Å². The number of aryl methyl sites for hydroxylation is 1. The van der Waals surface area contributed by atoms with E-state index in [9.17, 15) is 29.1 Å². The molecule has 6 bridgehead atoms. The van der Waals surface area contributed by atoms with Crippen molar-refractivity contribution in [2.45, 2.75) is 123 Å². The van der Waals surface area contributed by atoms with Gasteiger partial charge in [0.05, 0.1) is 30.1 Å². The average Bonchev–Trinajstić information content (AvgIpc) is 3.97. The van der Waals surface area contributed by atoms with E-state index in [0.29, 0.717) is 57.4 Å². The number of fused-ring (bicyclic) bond motifs is 6. The minimum absolute atomic E-state index is 0.00277. The molecule has 3 saturated heterocycles. The summed E-state index contributed by atoms with van der Waals surface area (Å²) in [6.07, 6.45) is 4.01. The number of likely N-dealkylation sites (N-methyl/N-ethyl adjacent to an activating group) is 2. The number of urea groups is 1. The number of phenols is 1. The third-order valence-electron chi connectivity index (χ3n) is 14.1. The summed E-state index contributed by atoms with van der Waals surface area (Å²) < 4.78 is 8.46. The summed E-state index contributed by atoms with van der Waals surface area (Å²) in [6, 6.07) is 12.1. The van der Waals surface area contributed by atoms with Gasteiger partial charge in [-0.3, -0.25) is 29.2 Å². The Balaban J connectivity index is 1.16. The number of phenolic OH excluding ortho intramolecular Hbond substituents is 1. The molecule has 8 rings (SSSR count). The Bertz CT molecular complexity index is 2580. The van der Waals surface area contributed by atoms with E-state index in [1.807, 2.05) is 38.2 Å². The molecule has 5 atom stereocenters. The lowest BCUT2D eigenvalue weighted by Gasteiger charge is -2.37. The summed E-state index contributed by atoms with van der Waals surface area (Å²) in [5, 5.41) is 19.9. The van der Waals surface area contributed by atoms with Gasteiger partial charge in [0.2, 0.25) is 11.8 Å². The zero-order valence-electron chi connectivity index (χ0n) is 41.1. The highest BCUT2D eigenvalue weighted by Crippen LogP contribution is 2.42. The van der Waals surface area contributed by atoms with Crippen molar-refractivity contribution in [2.24, 2.45) is 11.3 Å². The number of carbonyl (C=O) groups excluding carboxylic acids is 5. The number of hydrogen-bond donors (Lipinski definition) is 4. The number of carbonyl (C=O) groups is 5. The van der Waals surface area contributed by atoms with Crippen LogP contribution in [-0.2, 0) is 43.3 Å². The number of cyclic esters (lactones) is 1. The second-order valence-electron chi connectivity index (χ2n) is 20.7. The molecule has 16 nitrogen and oxygen atoms in total. The fourth-order valence-corrected chi connectivity index (χ4v) is 10.5. The number of rotatable bonds is 9. The molecule has 5 amide bonds. The maximum atomic E-state index is 14.8. The van der Waals surface area contributed by atoms with Crippen LogP contribution >= 0.6 is 0 Å². The lowest BCUT2D eigenvalue weighted by molar-refractivity contribution is -0.155. The first-order valence-corrected chi connectivity index (χ1v) is 24.4. The van der Waals surface area contributed by atoms with Gasteiger partial charge in [-0.15, -0.1) is 0 Å². The van der Waals surface area contributed by atoms with Crippen molar-refractivity contribution in [1.29, 1.82) is 0 Å². The number of hydrazine groups is 1. The summed E-state index contributed by atoms with van der Waals surface area (Å²) in [5.74, 6) is -1.61. The van der Waals surface area contributed by atoms with Crippen molar-refractivity contribution < 1.29 is 33.8 Å². The number of nitrogens with one attached hydrogen (secondary N) is 3. The molecule has 2 aromatic heterocycles. The predicted molar refractivity (Wildman–Crippen MR) is 260 cm³/mol. The molecule has 4 N–H and O–H groups in total. The molecule has 16 heteroatoms. The highest BCUT2D eigenvalue weighted by molar-refractivity contribution is 5.96. The number of hydrogen-bond acceptors (Lipinski definition) is 10. The van der Waals surface area contributed by atoms with Crippen molar-refractivity contribution in [2.75, 3.05) is 46.9 Å². The highest BCUT2D eigenvalue weighted by Gasteiger charge is 2.41. The van der Waals surface area contributed by atoms with E-state index < -0.39 is 41.3 Å². The van der Waals surface area contributed by atoms with Gasteiger partial charge in [0.15, 0.2) is 0 Å². The Morgan fingerprint density at radius 1 is 1.01 bits per heavy atom. The van der Waals surface area contributed by atoms with Gasteiger partial charge in [-0.2, -0.15) is 0 Å². The largest absolute Gasteiger partial charge is 0.508 e. The number of ether oxygens (including phenoxy) is 1. The third-order valence-corrected chi connectivity index (χ3v) is 14.1. The first kappa shape index (κ1) is 48.5. The van der Waals surface area contributed by atoms with Crippen LogP contribution in [0.2, 0.25) is 0 Å². The second-order valence-corrected chi connectivity index (χ2v) is 20.7. The van der Waals surface area contributed by atoms with Crippen molar-refractivity contribution in [3.63, 3.8) is 0 Å². The van der Waals surface area contributed by atoms with E-state index in [-0.39, 0.29) is 61.2 Å². The first-order chi connectivity index (χ1) is 32.3. The molecule has 3 fully saturated rings. The van der Waals surface area contributed by atoms with Gasteiger partial charge < -0.3 is 39.7 Å². The zero-order chi connectivity index (χ0) is 48.8. The van der Waals surface area contributed by atoms with Crippen LogP contribution in [0.15, 0.2) is 54.7 Å². The van der Waals surface area contributed by atoms with E-state index in [0.717, 1.165) is 44.5 Å². The zero-order valence-corrected chi connectivity index (χ0v) is 41.1. The van der Waals surface area contributed by atoms with Crippen LogP contribution in [0.5, 0.6) is 5.75 Å². The molecule has 0 aliphatic carbocycles. The van der Waals surface area contributed by atoms with Gasteiger partial charge in [-0.05, 0) is 103 Å². The second kappa shape index (κ2) is 19.5. The predicted octanol–water partition coefficient (Wildman–Crippen LogP) is 5.45. The van der Waals surface area contributed by atoms with Crippen LogP contribution in [0.25, 0.3) is 33.3 Å². The fourth-order valence-electron chi connectivity index (χ4n) is 10.5. The van der Waals surface area contributed by atoms with Crippen LogP contribution in [0.1, 0.15) is 90.5 Å². The average molecular weight is 932 g/mol. The molecule has 364 valence electrons. The van der Waals surface area contributed by atoms with E-state index >= 15 is 0 Å². The molecule has 68 heavy (non-hydrogen) atoms. The van der Waals surface area contributed by atoms with Gasteiger partial charge in [0.25, 0.3) is 5.91 Å². The van der Waals surface area contributed by atoms with Gasteiger partial charge in [-0.1, -0.05) is 53.7 Å². The monoisotopic (exact) mass is 932 g/mol. The van der Waals surface area contributed by atoms with Crippen LogP contribution in [-0.4, -0.2) is 141 Å². The van der Waals surface area contributed by atoms with Gasteiger partial charge in [-0.25, -0.2) is 10.2 Å². The summed E-state index contributed by atoms with van der Waals surface area (Å²) in [4.78, 5) is 79.9. The highest BCUT2D eigenvalue weighted by atomic mass is 16.5. The topological polar surface area (TPSA) is 192 Å². The summed E-state index contributed by atoms with van der Waals surface area (Å²) in [6.45, 7) is 16.9. The van der Waals surface area contributed by atoms with E-state index in [1.165, 1.54) is 9.91 Å². The number of amides is 5. The summed E-state index contributed by atoms with van der Waals surface area (Å²) >= 11 is 0. The number of pyridine rings is 1. The number of aromatic nitrogens is 2. The lowest BCUT2D eigenvalue weighted by atomic mass is 9.83. The minimum atomic E-state index is -1.15. The number of aromatic hydroxyl groups is 1. The fraction of sp³-hybridized carbons (Fsp3) is 0.538. The molecule has 4 aromatic rings. The van der Waals surface area contributed by atoms with E-state index in [1.54, 1.807) is 36.0 Å². The summed E-state index contributed by atoms with van der Waals surface area (Å²) in [5.41, 5.74) is 10.1. The van der Waals surface area contributed by atoms with Crippen LogP contribution < -0.4 is 16.1 Å². The first-order valence-electron chi connectivity index (χ1n) is 24.4. The Morgan fingerprint density at radius 2 is 1.78 bits per heavy atom. The van der Waals surface area contributed by atoms with Crippen LogP contribution in [0.3, 0.4) is 0 Å². The standard InChI is InChI=1S/C52H69N9O7/c1-10-60-43-16-15-33-25-38(43)39(46(60)37-13-11-18-53-44(37)30(2)3)26-52(6,7)29-68-50(66)40-14-12-19-61(56-40)49(65)41(23-32-21-34(33)24-36(62)22-32)55-47(63)45(31(4)5)58(9)51(67)59-20-17-35(28-59)57(8)48(64)42-27-54-42/h11,13,15-16,18,21-22,24-25,30-31,35,40-42,45,54,56,62H,10,12,14,17,19-20,23,26-29H2,1-9H3,(H,55,63)/t35-,40+,41+,42+,45+/m1/s1. The molecule has 0 spiro atoms. The maximum absolute atomic E-state index is 14.8. The molecular formula is C52H69N9O7. The summed E-state index contributed by atoms with van der Waals surface area (Å²) in [7, 11) is 3.36. The molecule has 6 heterocycles. The number of benzene rings is 2. The molecule has 2 aromatic carbocycles. The van der Waals surface area contributed by atoms with E-state index in [2.05, 4.69) is 73.4 Å². The quantitative estimate of drug-likeness (QED) is 0.124. The lowest BCUT2D eigenvalue weighted by Crippen LogP contribution is -2.62. The van der Waals surface area contributed by atoms with Crippen molar-refractivity contribution in [1.82, 2.24) is 45.3 Å². The molecule has 0 radical (unpaired) electrons. The van der Waals surface area contributed by atoms with Crippen LogP contribution in [0.4, 0.5) is 4.79 Å². The number of esters is 1. The van der Waals surface area contributed by atoms with Crippen molar-refractivity contribution >= 4 is 40.6 Å². The minimum Gasteiger partial charge on any atom is -0.508 e. The van der Waals surface area contributed by atoms with Crippen molar-refractivity contribution in [3.05, 3.63) is 71.5 Å². The molecule has 4 aliphatic rings. The Labute approximate surface area is 399 Å². The van der Waals surface area contributed by atoms with Crippen molar-refractivity contribution in [3.8, 4) is 28.1 Å². The number of nitrogens with zero attached hydrogens (tertiary/aromatic N) is 6. The Hall–Kier alpha value is -6.00. The van der Waals surface area contributed by atoms with Crippen LogP contribution in [0, 0.1) is 11.3 Å². The third kappa shape index (κ3) is 9.93. The SMILES string of the molecule is CCn1c(-c2cccnc2C(C)C)c2c3cc(ccc31)-c1cc(O)cc(c1)C[C@H](NC(=O)[C@H](C(C)C)N(C)C(=O)N1CC[C@@H](N(C)C(=O)[C@@H]3CN3)C1)C(=O)N1CCC[C@H](N1)C(=O)OCC(C)(C)C2. The molecular weight excluding hydrogens is 863 g/mol. The molecule has 0 saturated carbocycles. The van der Waals surface area contributed by atoms with Gasteiger partial charge >= 0.3 is 12.0 Å². The Kier molecular flexibility index (Phi) is 13.9. The van der Waals surface area contributed by atoms with E-state index in [4.69, 9.17) is 9.72 Å². The molecule has 0 unspecified atom stereocenters. The normalized spacial score (nSPS) is 22.2. The number of likely N-dealkylation sites (tertiary alicyclic amines) is 1. The molecule has 4 aliphatic heterocycles. The maximum Gasteiger partial charge on any atom is 0.324 e. The smallest absolute Gasteiger partial charge is 0.324 e. The Morgan fingerprint density at radius 3 is 2.49 bits per heavy atom. The van der Waals surface area contributed by atoms with Gasteiger partial charge in [0, 0.05) is 81.3 Å².